The molecule has 0 aliphatic rings. The van der Waals surface area contributed by atoms with Gasteiger partial charge in [-0.3, -0.25) is 0 Å². The van der Waals surface area contributed by atoms with E-state index in [1.54, 1.807) is 12.1 Å². The molecule has 0 saturated carbocycles. The second-order valence-corrected chi connectivity index (χ2v) is 5.87. The Morgan fingerprint density at radius 2 is 1.83 bits per heavy atom. The van der Waals surface area contributed by atoms with Crippen molar-refractivity contribution >= 4 is 39.1 Å². The summed E-state index contributed by atoms with van der Waals surface area (Å²) >= 11 is 15.6. The summed E-state index contributed by atoms with van der Waals surface area (Å²) < 4.78 is 0.743. The van der Waals surface area contributed by atoms with Crippen molar-refractivity contribution < 1.29 is 0 Å². The van der Waals surface area contributed by atoms with Gasteiger partial charge in [-0.05, 0) is 40.2 Å². The number of hydrogen-bond acceptors (Lipinski definition) is 2. The van der Waals surface area contributed by atoms with Crippen LogP contribution in [0.4, 0.5) is 0 Å². The number of benzene rings is 1. The summed E-state index contributed by atoms with van der Waals surface area (Å²) in [6, 6.07) is 7.17. The Morgan fingerprint density at radius 1 is 1.11 bits per heavy atom. The SMILES string of the molecule is CC(C)c1nc(Br)cc(-c2cc(Cl)ccc2Cl)n1. The van der Waals surface area contributed by atoms with E-state index >= 15 is 0 Å². The van der Waals surface area contributed by atoms with Crippen LogP contribution < -0.4 is 0 Å². The van der Waals surface area contributed by atoms with Crippen molar-refractivity contribution in [2.75, 3.05) is 0 Å². The zero-order chi connectivity index (χ0) is 13.3. The fourth-order valence-electron chi connectivity index (χ4n) is 1.53. The average Bonchev–Trinajstić information content (AvgIpc) is 2.31. The van der Waals surface area contributed by atoms with Crippen LogP contribution in [0.15, 0.2) is 28.9 Å². The first kappa shape index (κ1) is 13.8. The molecule has 18 heavy (non-hydrogen) atoms. The first-order valence-corrected chi connectivity index (χ1v) is 7.02. The van der Waals surface area contributed by atoms with Gasteiger partial charge in [0.2, 0.25) is 0 Å². The van der Waals surface area contributed by atoms with E-state index in [9.17, 15) is 0 Å². The van der Waals surface area contributed by atoms with Crippen LogP contribution >= 0.6 is 39.1 Å². The van der Waals surface area contributed by atoms with E-state index in [-0.39, 0.29) is 5.92 Å². The second-order valence-electron chi connectivity index (χ2n) is 4.21. The van der Waals surface area contributed by atoms with Crippen LogP contribution in [0.1, 0.15) is 25.6 Å². The summed E-state index contributed by atoms with van der Waals surface area (Å²) in [5, 5.41) is 1.26. The molecule has 2 aromatic rings. The van der Waals surface area contributed by atoms with Crippen molar-refractivity contribution in [2.45, 2.75) is 19.8 Å². The van der Waals surface area contributed by atoms with Crippen molar-refractivity contribution in [3.05, 3.63) is 44.7 Å². The van der Waals surface area contributed by atoms with E-state index in [2.05, 4.69) is 25.9 Å². The lowest BCUT2D eigenvalue weighted by Crippen LogP contribution is -1.99. The molecule has 0 fully saturated rings. The van der Waals surface area contributed by atoms with Crippen molar-refractivity contribution in [1.82, 2.24) is 9.97 Å². The highest BCUT2D eigenvalue weighted by Crippen LogP contribution is 2.31. The summed E-state index contributed by atoms with van der Waals surface area (Å²) in [6.45, 7) is 4.09. The quantitative estimate of drug-likeness (QED) is 0.687. The highest BCUT2D eigenvalue weighted by atomic mass is 79.9. The molecule has 2 rings (SSSR count). The zero-order valence-corrected chi connectivity index (χ0v) is 13.0. The third-order valence-corrected chi connectivity index (χ3v) is 3.40. The molecule has 1 aromatic carbocycles. The zero-order valence-electron chi connectivity index (χ0n) is 9.92. The van der Waals surface area contributed by atoms with Gasteiger partial charge in [0.25, 0.3) is 0 Å². The Labute approximate surface area is 124 Å². The summed E-state index contributed by atoms with van der Waals surface area (Å²) in [5.74, 6) is 1.02. The number of hydrogen-bond donors (Lipinski definition) is 0. The molecule has 0 unspecified atom stereocenters. The number of rotatable bonds is 2. The monoisotopic (exact) mass is 344 g/mol. The summed E-state index contributed by atoms with van der Waals surface area (Å²) in [4.78, 5) is 8.86. The van der Waals surface area contributed by atoms with Crippen LogP contribution in [-0.4, -0.2) is 9.97 Å². The molecular weight excluding hydrogens is 335 g/mol. The van der Waals surface area contributed by atoms with Gasteiger partial charge < -0.3 is 0 Å². The molecule has 0 radical (unpaired) electrons. The van der Waals surface area contributed by atoms with Gasteiger partial charge in [0.1, 0.15) is 10.4 Å². The molecule has 5 heteroatoms. The van der Waals surface area contributed by atoms with Gasteiger partial charge in [-0.15, -0.1) is 0 Å². The van der Waals surface area contributed by atoms with Crippen LogP contribution in [0.25, 0.3) is 11.3 Å². The van der Waals surface area contributed by atoms with E-state index in [1.165, 1.54) is 0 Å². The Bertz CT molecular complexity index is 585. The lowest BCUT2D eigenvalue weighted by Gasteiger charge is -2.09. The topological polar surface area (TPSA) is 25.8 Å². The fraction of sp³-hybridized carbons (Fsp3) is 0.231. The van der Waals surface area contributed by atoms with Gasteiger partial charge in [-0.2, -0.15) is 0 Å². The highest BCUT2D eigenvalue weighted by molar-refractivity contribution is 9.10. The van der Waals surface area contributed by atoms with Crippen molar-refractivity contribution in [3.63, 3.8) is 0 Å². The molecule has 0 spiro atoms. The Kier molecular flexibility index (Phi) is 4.25. The first-order valence-electron chi connectivity index (χ1n) is 5.47. The fourth-order valence-corrected chi connectivity index (χ4v) is 2.31. The number of aromatic nitrogens is 2. The van der Waals surface area contributed by atoms with E-state index in [0.717, 1.165) is 21.7 Å². The largest absolute Gasteiger partial charge is 0.232 e. The van der Waals surface area contributed by atoms with Gasteiger partial charge in [-0.25, -0.2) is 9.97 Å². The minimum absolute atomic E-state index is 0.249. The van der Waals surface area contributed by atoms with Gasteiger partial charge >= 0.3 is 0 Å². The predicted molar refractivity (Wildman–Crippen MR) is 79.3 cm³/mol. The van der Waals surface area contributed by atoms with Gasteiger partial charge in [0.15, 0.2) is 0 Å². The van der Waals surface area contributed by atoms with E-state index in [1.807, 2.05) is 26.0 Å². The van der Waals surface area contributed by atoms with Gasteiger partial charge in [0.05, 0.1) is 10.7 Å². The van der Waals surface area contributed by atoms with Gasteiger partial charge in [-0.1, -0.05) is 37.0 Å². The molecule has 0 amide bonds. The number of halogens is 3. The minimum Gasteiger partial charge on any atom is -0.232 e. The Hall–Kier alpha value is -0.640. The Balaban J connectivity index is 2.60. The molecule has 94 valence electrons. The molecule has 0 bridgehead atoms. The molecule has 1 heterocycles. The molecule has 0 saturated heterocycles. The third-order valence-electron chi connectivity index (χ3n) is 2.43. The lowest BCUT2D eigenvalue weighted by molar-refractivity contribution is 0.771. The molecular formula is C13H11BrCl2N2. The van der Waals surface area contributed by atoms with Crippen LogP contribution in [-0.2, 0) is 0 Å². The van der Waals surface area contributed by atoms with Gasteiger partial charge in [0, 0.05) is 16.5 Å². The predicted octanol–water partition coefficient (Wildman–Crippen LogP) is 5.34. The first-order chi connectivity index (χ1) is 8.47. The van der Waals surface area contributed by atoms with E-state index in [4.69, 9.17) is 23.2 Å². The van der Waals surface area contributed by atoms with Crippen molar-refractivity contribution in [2.24, 2.45) is 0 Å². The van der Waals surface area contributed by atoms with E-state index < -0.39 is 0 Å². The molecule has 1 aromatic heterocycles. The Morgan fingerprint density at radius 3 is 2.50 bits per heavy atom. The summed E-state index contributed by atoms with van der Waals surface area (Å²) in [5.41, 5.74) is 1.59. The minimum atomic E-state index is 0.249. The van der Waals surface area contributed by atoms with Crippen LogP contribution in [0.5, 0.6) is 0 Å². The summed E-state index contributed by atoms with van der Waals surface area (Å²) in [7, 11) is 0. The second kappa shape index (κ2) is 5.55. The maximum Gasteiger partial charge on any atom is 0.132 e. The van der Waals surface area contributed by atoms with Crippen LogP contribution in [0.3, 0.4) is 0 Å². The highest BCUT2D eigenvalue weighted by Gasteiger charge is 2.11. The van der Waals surface area contributed by atoms with Crippen LogP contribution in [0.2, 0.25) is 10.0 Å². The molecule has 0 N–H and O–H groups in total. The van der Waals surface area contributed by atoms with Crippen LogP contribution in [0, 0.1) is 0 Å². The number of nitrogens with zero attached hydrogens (tertiary/aromatic N) is 2. The molecule has 2 nitrogen and oxygen atoms in total. The van der Waals surface area contributed by atoms with Crippen molar-refractivity contribution in [3.8, 4) is 11.3 Å². The summed E-state index contributed by atoms with van der Waals surface area (Å²) in [6.07, 6.45) is 0. The molecule has 0 aliphatic heterocycles. The smallest absolute Gasteiger partial charge is 0.132 e. The molecule has 0 aliphatic carbocycles. The standard InChI is InChI=1S/C13H11BrCl2N2/c1-7(2)13-17-11(6-12(14)18-13)9-5-8(15)3-4-10(9)16/h3-7H,1-2H3. The lowest BCUT2D eigenvalue weighted by atomic mass is 10.1. The average molecular weight is 346 g/mol. The maximum absolute atomic E-state index is 6.18. The maximum atomic E-state index is 6.18. The third kappa shape index (κ3) is 3.02. The molecule has 0 atom stereocenters. The van der Waals surface area contributed by atoms with Crippen molar-refractivity contribution in [1.29, 1.82) is 0 Å². The van der Waals surface area contributed by atoms with E-state index in [0.29, 0.717) is 10.0 Å². The normalized spacial score (nSPS) is 11.0.